The molecular formula is C14H21N5O4S. The molecule has 0 unspecified atom stereocenters. The molecule has 0 bridgehead atoms. The van der Waals surface area contributed by atoms with E-state index in [4.69, 9.17) is 4.84 Å². The van der Waals surface area contributed by atoms with Crippen LogP contribution in [0.3, 0.4) is 0 Å². The fraction of sp³-hybridized carbons (Fsp3) is 0.643. The monoisotopic (exact) mass is 355 g/mol. The fourth-order valence-corrected chi connectivity index (χ4v) is 3.66. The van der Waals surface area contributed by atoms with Gasteiger partial charge in [0.15, 0.2) is 0 Å². The third-order valence-electron chi connectivity index (χ3n) is 4.19. The lowest BCUT2D eigenvalue weighted by Gasteiger charge is -2.25. The highest BCUT2D eigenvalue weighted by Gasteiger charge is 2.40. The molecule has 1 N–H and O–H groups in total. The normalized spacial score (nSPS) is 24.2. The van der Waals surface area contributed by atoms with Crippen molar-refractivity contribution in [2.24, 2.45) is 5.16 Å². The van der Waals surface area contributed by atoms with Crippen molar-refractivity contribution in [3.63, 3.8) is 0 Å². The molecule has 3 heterocycles. The van der Waals surface area contributed by atoms with Gasteiger partial charge in [-0.3, -0.25) is 9.48 Å². The summed E-state index contributed by atoms with van der Waals surface area (Å²) in [4.78, 5) is 17.5. The Balaban J connectivity index is 1.62. The number of oxime groups is 1. The lowest BCUT2D eigenvalue weighted by Crippen LogP contribution is -2.44. The average Bonchev–Trinajstić information content (AvgIpc) is 3.06. The number of hydrogen-bond acceptors (Lipinski definition) is 6. The van der Waals surface area contributed by atoms with E-state index in [2.05, 4.69) is 15.6 Å². The molecule has 132 valence electrons. The van der Waals surface area contributed by atoms with Crippen molar-refractivity contribution in [3.8, 4) is 0 Å². The molecule has 0 fully saturated rings. The first-order valence-corrected chi connectivity index (χ1v) is 9.53. The van der Waals surface area contributed by atoms with E-state index in [1.165, 1.54) is 10.6 Å². The second-order valence-corrected chi connectivity index (χ2v) is 8.44. The molecule has 3 rings (SSSR count). The van der Waals surface area contributed by atoms with E-state index in [-0.39, 0.29) is 12.5 Å². The van der Waals surface area contributed by atoms with Crippen LogP contribution >= 0.6 is 0 Å². The van der Waals surface area contributed by atoms with Gasteiger partial charge >= 0.3 is 0 Å². The van der Waals surface area contributed by atoms with Gasteiger partial charge in [0.25, 0.3) is 5.91 Å². The number of amides is 1. The second-order valence-electron chi connectivity index (χ2n) is 6.45. The Morgan fingerprint density at radius 1 is 1.46 bits per heavy atom. The molecule has 1 atom stereocenters. The van der Waals surface area contributed by atoms with E-state index in [0.29, 0.717) is 31.7 Å². The van der Waals surface area contributed by atoms with Gasteiger partial charge in [-0.05, 0) is 19.9 Å². The van der Waals surface area contributed by atoms with Gasteiger partial charge in [0, 0.05) is 13.0 Å². The Hall–Kier alpha value is -1.94. The number of nitrogens with one attached hydrogen (secondary N) is 1. The van der Waals surface area contributed by atoms with Crippen LogP contribution in [-0.4, -0.2) is 52.5 Å². The molecule has 9 nitrogen and oxygen atoms in total. The maximum Gasteiger partial charge on any atom is 0.267 e. The molecular weight excluding hydrogens is 334 g/mol. The van der Waals surface area contributed by atoms with Crippen LogP contribution in [0.2, 0.25) is 0 Å². The maximum absolute atomic E-state index is 12.3. The molecule has 1 aromatic rings. The lowest BCUT2D eigenvalue weighted by molar-refractivity contribution is -0.141. The molecule has 2 aliphatic rings. The van der Waals surface area contributed by atoms with Crippen molar-refractivity contribution in [1.29, 1.82) is 0 Å². The Morgan fingerprint density at radius 3 is 2.83 bits per heavy atom. The summed E-state index contributed by atoms with van der Waals surface area (Å²) in [5.41, 5.74) is 1.31. The van der Waals surface area contributed by atoms with Crippen LogP contribution in [0.15, 0.2) is 11.2 Å². The molecule has 0 aromatic carbocycles. The fourth-order valence-electron chi connectivity index (χ4n) is 2.88. The van der Waals surface area contributed by atoms with Gasteiger partial charge in [-0.1, -0.05) is 5.16 Å². The molecule has 0 spiro atoms. The smallest absolute Gasteiger partial charge is 0.267 e. The molecule has 1 aromatic heterocycles. The predicted molar refractivity (Wildman–Crippen MR) is 86.5 cm³/mol. The lowest BCUT2D eigenvalue weighted by atomic mass is 9.99. The molecule has 0 aliphatic carbocycles. The van der Waals surface area contributed by atoms with Gasteiger partial charge in [-0.2, -0.15) is 9.40 Å². The van der Waals surface area contributed by atoms with Gasteiger partial charge in [0.1, 0.15) is 0 Å². The molecule has 10 heteroatoms. The van der Waals surface area contributed by atoms with Gasteiger partial charge in [-0.25, -0.2) is 8.42 Å². The Labute approximate surface area is 140 Å². The van der Waals surface area contributed by atoms with Crippen LogP contribution in [-0.2, 0) is 39.3 Å². The summed E-state index contributed by atoms with van der Waals surface area (Å²) in [7, 11) is -3.22. The van der Waals surface area contributed by atoms with Crippen LogP contribution < -0.4 is 5.32 Å². The van der Waals surface area contributed by atoms with E-state index in [1.54, 1.807) is 11.6 Å². The van der Waals surface area contributed by atoms with Crippen molar-refractivity contribution < 1.29 is 18.0 Å². The highest BCUT2D eigenvalue weighted by Crippen LogP contribution is 2.23. The Morgan fingerprint density at radius 2 is 2.21 bits per heavy atom. The minimum Gasteiger partial charge on any atom is -0.379 e. The van der Waals surface area contributed by atoms with E-state index in [1.807, 2.05) is 13.0 Å². The number of fused-ring (bicyclic) bond motifs is 1. The van der Waals surface area contributed by atoms with Crippen LogP contribution in [0.1, 0.15) is 31.7 Å². The van der Waals surface area contributed by atoms with E-state index in [0.717, 1.165) is 11.4 Å². The van der Waals surface area contributed by atoms with Crippen LogP contribution in [0.25, 0.3) is 0 Å². The topological polar surface area (TPSA) is 106 Å². The van der Waals surface area contributed by atoms with Crippen molar-refractivity contribution in [2.75, 3.05) is 12.8 Å². The van der Waals surface area contributed by atoms with Crippen molar-refractivity contribution in [3.05, 3.63) is 17.5 Å². The van der Waals surface area contributed by atoms with Gasteiger partial charge in [0.2, 0.25) is 15.6 Å². The number of hydrogen-bond donors (Lipinski definition) is 1. The molecule has 1 amide bonds. The summed E-state index contributed by atoms with van der Waals surface area (Å²) in [5.74, 6) is -0.244. The summed E-state index contributed by atoms with van der Waals surface area (Å²) >= 11 is 0. The average molecular weight is 355 g/mol. The Bertz CT molecular complexity index is 800. The highest BCUT2D eigenvalue weighted by atomic mass is 32.2. The van der Waals surface area contributed by atoms with Crippen LogP contribution in [0, 0.1) is 0 Å². The van der Waals surface area contributed by atoms with Gasteiger partial charge < -0.3 is 10.2 Å². The zero-order valence-electron chi connectivity index (χ0n) is 13.9. The number of rotatable bonds is 4. The van der Waals surface area contributed by atoms with Crippen molar-refractivity contribution in [2.45, 2.75) is 45.5 Å². The van der Waals surface area contributed by atoms with Gasteiger partial charge in [0.05, 0.1) is 43.0 Å². The van der Waals surface area contributed by atoms with Crippen LogP contribution in [0.5, 0.6) is 0 Å². The molecule has 0 radical (unpaired) electrons. The van der Waals surface area contributed by atoms with E-state index in [9.17, 15) is 13.2 Å². The zero-order chi connectivity index (χ0) is 17.5. The van der Waals surface area contributed by atoms with Crippen molar-refractivity contribution >= 4 is 21.6 Å². The highest BCUT2D eigenvalue weighted by molar-refractivity contribution is 7.88. The quantitative estimate of drug-likeness (QED) is 0.807. The number of nitrogens with zero attached hydrogens (tertiary/aromatic N) is 4. The first-order chi connectivity index (χ1) is 11.2. The molecule has 24 heavy (non-hydrogen) atoms. The second kappa shape index (κ2) is 5.85. The SMILES string of the molecule is CC1=NO[C@@](C)(C(=O)NCc2cc3n(n2)CCN(S(C)(=O)=O)C3)C1. The Kier molecular flexibility index (Phi) is 4.12. The predicted octanol–water partition coefficient (Wildman–Crippen LogP) is -0.171. The first-order valence-electron chi connectivity index (χ1n) is 7.68. The molecule has 0 saturated carbocycles. The minimum absolute atomic E-state index is 0.244. The number of aromatic nitrogens is 2. The summed E-state index contributed by atoms with van der Waals surface area (Å²) in [6.45, 7) is 4.98. The summed E-state index contributed by atoms with van der Waals surface area (Å²) in [6, 6.07) is 1.82. The zero-order valence-corrected chi connectivity index (χ0v) is 14.8. The maximum atomic E-state index is 12.3. The van der Waals surface area contributed by atoms with Gasteiger partial charge in [-0.15, -0.1) is 0 Å². The minimum atomic E-state index is -3.22. The third-order valence-corrected chi connectivity index (χ3v) is 5.44. The molecule has 2 aliphatic heterocycles. The first kappa shape index (κ1) is 16.9. The van der Waals surface area contributed by atoms with Crippen LogP contribution in [0.4, 0.5) is 0 Å². The van der Waals surface area contributed by atoms with Crippen molar-refractivity contribution in [1.82, 2.24) is 19.4 Å². The summed E-state index contributed by atoms with van der Waals surface area (Å²) in [6.07, 6.45) is 1.66. The summed E-state index contributed by atoms with van der Waals surface area (Å²) in [5, 5.41) is 11.0. The van der Waals surface area contributed by atoms with E-state index >= 15 is 0 Å². The standard InChI is InChI=1S/C14H21N5O4S/c1-10-7-14(2,23-17-10)13(20)15-8-11-6-12-9-18(24(3,21)22)4-5-19(12)16-11/h6H,4-5,7-9H2,1-3H3,(H,15,20)/t14-/m1/s1. The molecule has 0 saturated heterocycles. The number of sulfonamides is 1. The largest absolute Gasteiger partial charge is 0.379 e. The number of carbonyl (C=O) groups is 1. The summed E-state index contributed by atoms with van der Waals surface area (Å²) < 4.78 is 26.5. The number of carbonyl (C=O) groups excluding carboxylic acids is 1. The third kappa shape index (κ3) is 3.29. The van der Waals surface area contributed by atoms with E-state index < -0.39 is 15.6 Å².